The molecular weight excluding hydrogens is 407 g/mol. The van der Waals surface area contributed by atoms with Crippen molar-refractivity contribution in [3.05, 3.63) is 95.9 Å². The molecule has 0 aromatic heterocycles. The maximum absolute atomic E-state index is 13.7. The number of likely N-dealkylation sites (N-methyl/N-ethyl adjacent to an activating group) is 1. The molecule has 3 aromatic rings. The lowest BCUT2D eigenvalue weighted by Gasteiger charge is -2.23. The maximum atomic E-state index is 13.7. The summed E-state index contributed by atoms with van der Waals surface area (Å²) in [6.07, 6.45) is -0.139. The number of rotatable bonds is 6. The van der Waals surface area contributed by atoms with Crippen LogP contribution < -0.4 is 14.5 Å². The molecule has 0 aliphatic carbocycles. The van der Waals surface area contributed by atoms with Gasteiger partial charge in [0.25, 0.3) is 11.8 Å². The van der Waals surface area contributed by atoms with Crippen molar-refractivity contribution in [2.24, 2.45) is 0 Å². The van der Waals surface area contributed by atoms with Gasteiger partial charge < -0.3 is 9.64 Å². The molecule has 1 aliphatic rings. The van der Waals surface area contributed by atoms with Crippen molar-refractivity contribution < 1.29 is 18.7 Å². The van der Waals surface area contributed by atoms with Crippen molar-refractivity contribution in [1.29, 1.82) is 0 Å². The summed E-state index contributed by atoms with van der Waals surface area (Å²) in [4.78, 5) is 30.2. The number of ether oxygens (including phenoxy) is 1. The normalized spacial score (nSPS) is 13.8. The van der Waals surface area contributed by atoms with Crippen LogP contribution in [0.3, 0.4) is 0 Å². The van der Waals surface area contributed by atoms with E-state index < -0.39 is 17.6 Å². The largest absolute Gasteiger partial charge is 0.489 e. The Bertz CT molecular complexity index is 1190. The number of para-hydroxylation sites is 3. The minimum absolute atomic E-state index is 0.139. The van der Waals surface area contributed by atoms with E-state index in [-0.39, 0.29) is 17.4 Å². The first-order chi connectivity index (χ1) is 15.4. The third-order valence-corrected chi connectivity index (χ3v) is 5.14. The summed E-state index contributed by atoms with van der Waals surface area (Å²) in [6, 6.07) is 21.8. The van der Waals surface area contributed by atoms with Crippen LogP contribution >= 0.6 is 0 Å². The predicted molar refractivity (Wildman–Crippen MR) is 123 cm³/mol. The number of hydrogen-bond acceptors (Lipinski definition) is 4. The standard InChI is InChI=1S/C26H23FN2O3/c1-17(2)32-22-12-8-7-11-21(22)29-25(30)23(18-13-15-19(27)16-14-18)24(26(29)31)28(3)20-9-5-4-6-10-20/h4-17H,1-3H3. The fraction of sp³-hybridized carbons (Fsp3) is 0.154. The zero-order valence-corrected chi connectivity index (χ0v) is 18.1. The van der Waals surface area contributed by atoms with E-state index in [1.807, 2.05) is 44.2 Å². The fourth-order valence-corrected chi connectivity index (χ4v) is 3.70. The lowest BCUT2D eigenvalue weighted by molar-refractivity contribution is -0.120. The highest BCUT2D eigenvalue weighted by molar-refractivity contribution is 6.46. The van der Waals surface area contributed by atoms with E-state index in [4.69, 9.17) is 4.74 Å². The molecule has 162 valence electrons. The summed E-state index contributed by atoms with van der Waals surface area (Å²) in [5, 5.41) is 0. The van der Waals surface area contributed by atoms with Crippen LogP contribution in [0.2, 0.25) is 0 Å². The van der Waals surface area contributed by atoms with E-state index in [9.17, 15) is 14.0 Å². The van der Waals surface area contributed by atoms with Crippen LogP contribution in [-0.2, 0) is 9.59 Å². The number of imide groups is 1. The Morgan fingerprint density at radius 1 is 0.844 bits per heavy atom. The second-order valence-electron chi connectivity index (χ2n) is 7.71. The van der Waals surface area contributed by atoms with E-state index in [0.717, 1.165) is 10.6 Å². The lowest BCUT2D eigenvalue weighted by Crippen LogP contribution is -2.34. The second kappa shape index (κ2) is 8.67. The molecule has 0 saturated heterocycles. The maximum Gasteiger partial charge on any atom is 0.282 e. The van der Waals surface area contributed by atoms with E-state index in [0.29, 0.717) is 17.0 Å². The Kier molecular flexibility index (Phi) is 5.77. The number of hydrogen-bond donors (Lipinski definition) is 0. The van der Waals surface area contributed by atoms with Crippen molar-refractivity contribution in [3.8, 4) is 5.75 Å². The molecule has 0 atom stereocenters. The minimum atomic E-state index is -0.487. The summed E-state index contributed by atoms with van der Waals surface area (Å²) in [5.41, 5.74) is 2.00. The lowest BCUT2D eigenvalue weighted by atomic mass is 10.0. The van der Waals surface area contributed by atoms with Crippen molar-refractivity contribution in [2.75, 3.05) is 16.8 Å². The number of amides is 2. The molecule has 0 radical (unpaired) electrons. The van der Waals surface area contributed by atoms with Gasteiger partial charge >= 0.3 is 0 Å². The molecule has 3 aromatic carbocycles. The van der Waals surface area contributed by atoms with Gasteiger partial charge in [0.05, 0.1) is 17.4 Å². The smallest absolute Gasteiger partial charge is 0.282 e. The third-order valence-electron chi connectivity index (χ3n) is 5.14. The second-order valence-corrected chi connectivity index (χ2v) is 7.71. The van der Waals surface area contributed by atoms with Crippen molar-refractivity contribution in [2.45, 2.75) is 20.0 Å². The quantitative estimate of drug-likeness (QED) is 0.515. The van der Waals surface area contributed by atoms with Crippen LogP contribution in [0.5, 0.6) is 5.75 Å². The highest BCUT2D eigenvalue weighted by Gasteiger charge is 2.43. The van der Waals surface area contributed by atoms with Crippen LogP contribution in [-0.4, -0.2) is 25.0 Å². The number of halogens is 1. The Labute approximate surface area is 186 Å². The van der Waals surface area contributed by atoms with Gasteiger partial charge in [-0.1, -0.05) is 42.5 Å². The first kappa shape index (κ1) is 21.3. The molecule has 4 rings (SSSR count). The molecule has 6 heteroatoms. The van der Waals surface area contributed by atoms with E-state index >= 15 is 0 Å². The molecule has 0 N–H and O–H groups in total. The Balaban J connectivity index is 1.87. The first-order valence-electron chi connectivity index (χ1n) is 10.3. The molecule has 0 saturated carbocycles. The van der Waals surface area contributed by atoms with Crippen molar-refractivity contribution >= 4 is 28.8 Å². The molecule has 5 nitrogen and oxygen atoms in total. The monoisotopic (exact) mass is 430 g/mol. The van der Waals surface area contributed by atoms with E-state index in [1.54, 1.807) is 36.2 Å². The number of carbonyl (C=O) groups is 2. The topological polar surface area (TPSA) is 49.9 Å². The van der Waals surface area contributed by atoms with Gasteiger partial charge in [0.1, 0.15) is 17.3 Å². The number of benzene rings is 3. The van der Waals surface area contributed by atoms with E-state index in [1.165, 1.54) is 24.3 Å². The van der Waals surface area contributed by atoms with Crippen LogP contribution in [0.15, 0.2) is 84.6 Å². The number of anilines is 2. The minimum Gasteiger partial charge on any atom is -0.489 e. The number of carbonyl (C=O) groups excluding carboxylic acids is 2. The molecule has 1 heterocycles. The fourth-order valence-electron chi connectivity index (χ4n) is 3.70. The summed E-state index contributed by atoms with van der Waals surface area (Å²) in [7, 11) is 1.74. The average molecular weight is 430 g/mol. The molecule has 0 unspecified atom stereocenters. The molecule has 1 aliphatic heterocycles. The van der Waals surface area contributed by atoms with Gasteiger partial charge in [-0.25, -0.2) is 9.29 Å². The zero-order valence-electron chi connectivity index (χ0n) is 18.1. The van der Waals surface area contributed by atoms with Gasteiger partial charge in [-0.05, 0) is 55.8 Å². The molecule has 0 spiro atoms. The highest BCUT2D eigenvalue weighted by Crippen LogP contribution is 2.39. The molecular formula is C26H23FN2O3. The van der Waals surface area contributed by atoms with Gasteiger partial charge in [-0.3, -0.25) is 9.59 Å². The van der Waals surface area contributed by atoms with Crippen LogP contribution in [0.4, 0.5) is 15.8 Å². The van der Waals surface area contributed by atoms with Gasteiger partial charge in [0.2, 0.25) is 0 Å². The van der Waals surface area contributed by atoms with Gasteiger partial charge in [0.15, 0.2) is 0 Å². The van der Waals surface area contributed by atoms with Crippen LogP contribution in [0.1, 0.15) is 19.4 Å². The van der Waals surface area contributed by atoms with Crippen LogP contribution in [0, 0.1) is 5.82 Å². The zero-order chi connectivity index (χ0) is 22.8. The summed E-state index contributed by atoms with van der Waals surface area (Å²) in [5.74, 6) is -0.942. The summed E-state index contributed by atoms with van der Waals surface area (Å²) >= 11 is 0. The Morgan fingerprint density at radius 3 is 2.12 bits per heavy atom. The Hall–Kier alpha value is -3.93. The third kappa shape index (κ3) is 3.87. The molecule has 2 amide bonds. The summed E-state index contributed by atoms with van der Waals surface area (Å²) in [6.45, 7) is 3.75. The van der Waals surface area contributed by atoms with Gasteiger partial charge in [-0.15, -0.1) is 0 Å². The van der Waals surface area contributed by atoms with Crippen molar-refractivity contribution in [3.63, 3.8) is 0 Å². The molecule has 0 fully saturated rings. The SMILES string of the molecule is CC(C)Oc1ccccc1N1C(=O)C(c2ccc(F)cc2)=C(N(C)c2ccccc2)C1=O. The Morgan fingerprint density at radius 2 is 1.47 bits per heavy atom. The predicted octanol–water partition coefficient (Wildman–Crippen LogP) is 5.03. The van der Waals surface area contributed by atoms with Gasteiger partial charge in [-0.2, -0.15) is 0 Å². The number of nitrogens with zero attached hydrogens (tertiary/aromatic N) is 2. The van der Waals surface area contributed by atoms with Crippen LogP contribution in [0.25, 0.3) is 5.57 Å². The summed E-state index contributed by atoms with van der Waals surface area (Å²) < 4.78 is 19.4. The average Bonchev–Trinajstić information content (AvgIpc) is 3.04. The van der Waals surface area contributed by atoms with Crippen molar-refractivity contribution in [1.82, 2.24) is 0 Å². The highest BCUT2D eigenvalue weighted by atomic mass is 19.1. The first-order valence-corrected chi connectivity index (χ1v) is 10.3. The van der Waals surface area contributed by atoms with Gasteiger partial charge in [0, 0.05) is 12.7 Å². The molecule has 0 bridgehead atoms. The molecule has 32 heavy (non-hydrogen) atoms. The van der Waals surface area contributed by atoms with E-state index in [2.05, 4.69) is 0 Å².